The van der Waals surface area contributed by atoms with Crippen LogP contribution in [0.2, 0.25) is 0 Å². The maximum Gasteiger partial charge on any atom is 0.289 e. The van der Waals surface area contributed by atoms with Crippen LogP contribution in [0.4, 0.5) is 5.82 Å². The number of likely N-dealkylation sites (tertiary alicyclic amines) is 1. The van der Waals surface area contributed by atoms with Gasteiger partial charge in [0, 0.05) is 38.8 Å². The van der Waals surface area contributed by atoms with E-state index in [2.05, 4.69) is 21.8 Å². The Kier molecular flexibility index (Phi) is 5.78. The minimum Gasteiger partial charge on any atom is -0.459 e. The molecule has 29 heavy (non-hydrogen) atoms. The van der Waals surface area contributed by atoms with Gasteiger partial charge in [-0.15, -0.1) is 0 Å². The van der Waals surface area contributed by atoms with Crippen molar-refractivity contribution in [1.82, 2.24) is 19.8 Å². The van der Waals surface area contributed by atoms with E-state index < -0.39 is 0 Å². The summed E-state index contributed by atoms with van der Waals surface area (Å²) in [5.41, 5.74) is 0.403. The van der Waals surface area contributed by atoms with Crippen LogP contribution in [0.3, 0.4) is 0 Å². The molecule has 2 amide bonds. The van der Waals surface area contributed by atoms with Crippen LogP contribution in [0.25, 0.3) is 0 Å². The fraction of sp³-hybridized carbons (Fsp3) is 0.524. The molecule has 2 aromatic heterocycles. The van der Waals surface area contributed by atoms with Gasteiger partial charge in [0.15, 0.2) is 5.76 Å². The Morgan fingerprint density at radius 2 is 1.90 bits per heavy atom. The Bertz CT molecular complexity index is 829. The normalized spacial score (nSPS) is 20.0. The molecule has 8 nitrogen and oxygen atoms in total. The van der Waals surface area contributed by atoms with Crippen molar-refractivity contribution in [3.05, 3.63) is 42.2 Å². The molecule has 2 aromatic rings. The van der Waals surface area contributed by atoms with Crippen LogP contribution in [-0.2, 0) is 0 Å². The van der Waals surface area contributed by atoms with Gasteiger partial charge in [0.1, 0.15) is 11.5 Å². The topological polar surface area (TPSA) is 82.8 Å². The first-order valence-electron chi connectivity index (χ1n) is 10.4. The Labute approximate surface area is 170 Å². The van der Waals surface area contributed by atoms with Gasteiger partial charge in [0.25, 0.3) is 11.8 Å². The number of amides is 2. The SMILES string of the molecule is CCC1CCCCN1C(=O)c1cnc(N2CCN(C(=O)c3ccco3)CC2)cn1. The average Bonchev–Trinajstić information content (AvgIpc) is 3.33. The molecule has 0 aliphatic carbocycles. The Morgan fingerprint density at radius 1 is 1.07 bits per heavy atom. The van der Waals surface area contributed by atoms with Crippen LogP contribution < -0.4 is 4.90 Å². The number of anilines is 1. The molecule has 1 atom stereocenters. The zero-order valence-corrected chi connectivity index (χ0v) is 16.8. The van der Waals surface area contributed by atoms with Crippen molar-refractivity contribution in [2.24, 2.45) is 0 Å². The highest BCUT2D eigenvalue weighted by Gasteiger charge is 2.28. The minimum atomic E-state index is -0.0892. The largest absolute Gasteiger partial charge is 0.459 e. The summed E-state index contributed by atoms with van der Waals surface area (Å²) < 4.78 is 5.20. The molecule has 154 valence electrons. The second-order valence-corrected chi connectivity index (χ2v) is 7.57. The third kappa shape index (κ3) is 4.11. The van der Waals surface area contributed by atoms with E-state index in [-0.39, 0.29) is 11.8 Å². The molecule has 0 bridgehead atoms. The third-order valence-corrected chi connectivity index (χ3v) is 5.84. The summed E-state index contributed by atoms with van der Waals surface area (Å²) >= 11 is 0. The molecule has 2 fully saturated rings. The Balaban J connectivity index is 1.36. The number of hydrogen-bond acceptors (Lipinski definition) is 6. The summed E-state index contributed by atoms with van der Waals surface area (Å²) in [6.07, 6.45) is 9.03. The van der Waals surface area contributed by atoms with Gasteiger partial charge in [-0.05, 0) is 37.8 Å². The fourth-order valence-corrected chi connectivity index (χ4v) is 4.13. The second-order valence-electron chi connectivity index (χ2n) is 7.57. The molecule has 0 spiro atoms. The number of nitrogens with zero attached hydrogens (tertiary/aromatic N) is 5. The summed E-state index contributed by atoms with van der Waals surface area (Å²) in [6.45, 7) is 5.44. The highest BCUT2D eigenvalue weighted by molar-refractivity contribution is 5.92. The fourth-order valence-electron chi connectivity index (χ4n) is 4.13. The van der Waals surface area contributed by atoms with Gasteiger partial charge in [-0.25, -0.2) is 9.97 Å². The minimum absolute atomic E-state index is 0.0236. The number of carbonyl (C=O) groups excluding carboxylic acids is 2. The maximum atomic E-state index is 12.8. The van der Waals surface area contributed by atoms with Crippen molar-refractivity contribution in [2.75, 3.05) is 37.6 Å². The van der Waals surface area contributed by atoms with Gasteiger partial charge in [-0.1, -0.05) is 6.92 Å². The molecule has 0 radical (unpaired) electrons. The average molecular weight is 397 g/mol. The van der Waals surface area contributed by atoms with E-state index in [1.54, 1.807) is 29.4 Å². The van der Waals surface area contributed by atoms with Gasteiger partial charge < -0.3 is 19.1 Å². The molecular formula is C21H27N5O3. The first kappa shape index (κ1) is 19.4. The molecule has 2 aliphatic rings. The molecule has 0 aromatic carbocycles. The van der Waals surface area contributed by atoms with Crippen molar-refractivity contribution in [3.8, 4) is 0 Å². The Hall–Kier alpha value is -2.90. The van der Waals surface area contributed by atoms with Gasteiger partial charge >= 0.3 is 0 Å². The zero-order chi connectivity index (χ0) is 20.2. The quantitative estimate of drug-likeness (QED) is 0.788. The molecule has 4 rings (SSSR count). The number of piperazine rings is 1. The maximum absolute atomic E-state index is 12.8. The number of furan rings is 1. The van der Waals surface area contributed by atoms with Crippen molar-refractivity contribution in [2.45, 2.75) is 38.6 Å². The van der Waals surface area contributed by atoms with Crippen molar-refractivity contribution < 1.29 is 14.0 Å². The predicted molar refractivity (Wildman–Crippen MR) is 108 cm³/mol. The van der Waals surface area contributed by atoms with E-state index in [4.69, 9.17) is 4.42 Å². The molecule has 2 saturated heterocycles. The van der Waals surface area contributed by atoms with E-state index in [9.17, 15) is 9.59 Å². The lowest BCUT2D eigenvalue weighted by Crippen LogP contribution is -2.49. The highest BCUT2D eigenvalue weighted by atomic mass is 16.3. The molecule has 8 heteroatoms. The van der Waals surface area contributed by atoms with Crippen LogP contribution in [-0.4, -0.2) is 70.3 Å². The smallest absolute Gasteiger partial charge is 0.289 e. The van der Waals surface area contributed by atoms with E-state index in [0.29, 0.717) is 43.7 Å². The lowest BCUT2D eigenvalue weighted by atomic mass is 10.00. The van der Waals surface area contributed by atoms with Crippen LogP contribution in [0.5, 0.6) is 0 Å². The number of carbonyl (C=O) groups is 2. The van der Waals surface area contributed by atoms with E-state index in [0.717, 1.165) is 31.6 Å². The number of piperidine rings is 1. The predicted octanol–water partition coefficient (Wildman–Crippen LogP) is 2.44. The van der Waals surface area contributed by atoms with Gasteiger partial charge in [-0.3, -0.25) is 9.59 Å². The highest BCUT2D eigenvalue weighted by Crippen LogP contribution is 2.22. The molecule has 4 heterocycles. The second kappa shape index (κ2) is 8.63. The Morgan fingerprint density at radius 3 is 2.55 bits per heavy atom. The van der Waals surface area contributed by atoms with Crippen LogP contribution in [0.1, 0.15) is 53.7 Å². The van der Waals surface area contributed by atoms with Gasteiger partial charge in [0.05, 0.1) is 18.7 Å². The molecule has 0 N–H and O–H groups in total. The summed E-state index contributed by atoms with van der Waals surface area (Å²) in [7, 11) is 0. The van der Waals surface area contributed by atoms with Gasteiger partial charge in [-0.2, -0.15) is 0 Å². The molecular weight excluding hydrogens is 370 g/mol. The summed E-state index contributed by atoms with van der Waals surface area (Å²) in [6, 6.07) is 3.70. The zero-order valence-electron chi connectivity index (χ0n) is 16.8. The molecule has 1 unspecified atom stereocenters. The van der Waals surface area contributed by atoms with Crippen LogP contribution in [0, 0.1) is 0 Å². The summed E-state index contributed by atoms with van der Waals surface area (Å²) in [5.74, 6) is 0.986. The summed E-state index contributed by atoms with van der Waals surface area (Å²) in [5, 5.41) is 0. The molecule has 0 saturated carbocycles. The monoisotopic (exact) mass is 397 g/mol. The standard InChI is InChI=1S/C21H27N5O3/c1-2-16-6-3-4-8-26(16)20(27)17-14-23-19(15-22-17)24-9-11-25(12-10-24)21(28)18-7-5-13-29-18/h5,7,13-16H,2-4,6,8-12H2,1H3. The number of hydrogen-bond donors (Lipinski definition) is 0. The summed E-state index contributed by atoms with van der Waals surface area (Å²) in [4.78, 5) is 39.9. The van der Waals surface area contributed by atoms with E-state index in [1.165, 1.54) is 12.7 Å². The lowest BCUT2D eigenvalue weighted by molar-refractivity contribution is 0.0601. The van der Waals surface area contributed by atoms with Crippen molar-refractivity contribution in [1.29, 1.82) is 0 Å². The van der Waals surface area contributed by atoms with Crippen LogP contribution >= 0.6 is 0 Å². The van der Waals surface area contributed by atoms with E-state index in [1.807, 2.05) is 4.90 Å². The first-order valence-corrected chi connectivity index (χ1v) is 10.4. The number of rotatable bonds is 4. The van der Waals surface area contributed by atoms with Crippen molar-refractivity contribution in [3.63, 3.8) is 0 Å². The molecule has 2 aliphatic heterocycles. The first-order chi connectivity index (χ1) is 14.2. The number of aromatic nitrogens is 2. The van der Waals surface area contributed by atoms with Crippen LogP contribution in [0.15, 0.2) is 35.2 Å². The lowest BCUT2D eigenvalue weighted by Gasteiger charge is -2.35. The van der Waals surface area contributed by atoms with Crippen molar-refractivity contribution >= 4 is 17.6 Å². The van der Waals surface area contributed by atoms with Gasteiger partial charge in [0.2, 0.25) is 0 Å². The van der Waals surface area contributed by atoms with E-state index >= 15 is 0 Å². The third-order valence-electron chi connectivity index (χ3n) is 5.84.